The lowest BCUT2D eigenvalue weighted by Gasteiger charge is -2.57. The molecule has 16 fully saturated rings. The summed E-state index contributed by atoms with van der Waals surface area (Å²) in [6.07, 6.45) is 32.7. The predicted octanol–water partition coefficient (Wildman–Crippen LogP) is 32.5. The van der Waals surface area contributed by atoms with Gasteiger partial charge in [-0.1, -0.05) is 222 Å². The zero-order chi connectivity index (χ0) is 93.4. The number of fused-ring (bicyclic) bond motifs is 24. The maximum Gasteiger partial charge on any atom is 0.163 e. The Morgan fingerprint density at radius 2 is 0.448 bits per heavy atom. The summed E-state index contributed by atoms with van der Waals surface area (Å²) in [6, 6.07) is 115. The third-order valence-electron chi connectivity index (χ3n) is 38.3. The van der Waals surface area contributed by atoms with E-state index in [4.69, 9.17) is 29.9 Å². The fourth-order valence-corrected chi connectivity index (χ4v) is 35.1. The van der Waals surface area contributed by atoms with E-state index in [0.717, 1.165) is 144 Å². The smallest absolute Gasteiger partial charge is 0.163 e. The summed E-state index contributed by atoms with van der Waals surface area (Å²) >= 11 is 3.69. The molecule has 8 heterocycles. The number of halogens is 1. The highest BCUT2D eigenvalue weighted by Crippen LogP contribution is 2.67. The van der Waals surface area contributed by atoms with Crippen molar-refractivity contribution in [2.45, 2.75) is 176 Å². The Hall–Kier alpha value is -13.6. The molecule has 0 saturated heterocycles. The van der Waals surface area contributed by atoms with Gasteiger partial charge in [0.25, 0.3) is 0 Å². The topological polar surface area (TPSA) is 118 Å². The number of H-pyrrole nitrogens is 1. The van der Waals surface area contributed by atoms with Gasteiger partial charge in [0.1, 0.15) is 23.3 Å². The molecule has 143 heavy (non-hydrogen) atoms. The summed E-state index contributed by atoms with van der Waals surface area (Å²) in [4.78, 5) is 37.4. The Bertz CT molecular complexity index is 8630. The van der Waals surface area contributed by atoms with Gasteiger partial charge in [0.2, 0.25) is 0 Å². The third-order valence-corrected chi connectivity index (χ3v) is 38.8. The number of benzene rings is 14. The maximum absolute atomic E-state index is 5.83. The highest BCUT2D eigenvalue weighted by atomic mass is 79.9. The Morgan fingerprint density at radius 1 is 0.217 bits per heavy atom. The fourth-order valence-electron chi connectivity index (χ4n) is 34.7. The first-order valence-electron chi connectivity index (χ1n) is 53.9. The van der Waals surface area contributed by atoms with Crippen molar-refractivity contribution >= 4 is 147 Å². The molecule has 22 aromatic rings. The molecule has 1 N–H and O–H groups in total. The molecule has 0 atom stereocenters. The second-order valence-corrected chi connectivity index (χ2v) is 48.0. The number of aromatic nitrogens is 12. The van der Waals surface area contributed by atoms with E-state index < -0.39 is 0 Å². The van der Waals surface area contributed by atoms with Crippen molar-refractivity contribution < 1.29 is 0 Å². The van der Waals surface area contributed by atoms with E-state index in [2.05, 4.69) is 359 Å². The van der Waals surface area contributed by atoms with E-state index in [-0.39, 0.29) is 21.7 Å². The molecule has 0 aliphatic heterocycles. The predicted molar refractivity (Wildman–Crippen MR) is 585 cm³/mol. The van der Waals surface area contributed by atoms with Crippen molar-refractivity contribution in [3.8, 4) is 51.2 Å². The van der Waals surface area contributed by atoms with Crippen molar-refractivity contribution in [2.24, 2.45) is 71.0 Å². The van der Waals surface area contributed by atoms with Crippen LogP contribution in [0.2, 0.25) is 0 Å². The van der Waals surface area contributed by atoms with Crippen LogP contribution >= 0.6 is 15.9 Å². The SMILES string of the molecule is Brc1cccc(-c2nc(C34CC5CC(CC(C5)C3)C4)nc(C34CC5CC(CC(C5)C3)C4)n2)c1.c1ccc(-n2c3ccccc3c3c2c2c4ccccc4n(-c4cccc(-c5nc(C67CC8CC(CC(C8)C6)C7)nc(C67CC8CC(CC(C8)C6)C7)n5)c4)c2c2c4ccccc4n(-c4ccccc4)c32)cc1.c1ccc(-n2c3ccccc3c3c4[nH]c5ccccc5c4c4c(c5ccccc5n4-c4ccccc4)c32)cc1. The van der Waals surface area contributed by atoms with Crippen LogP contribution in [0.4, 0.5) is 0 Å². The summed E-state index contributed by atoms with van der Waals surface area (Å²) in [5, 5.41) is 15.1. The second kappa shape index (κ2) is 31.2. The average molecular weight is 1920 g/mol. The Balaban J connectivity index is 0.000000107. The molecule has 8 aromatic heterocycles. The minimum atomic E-state index is 0.0785. The van der Waals surface area contributed by atoms with Crippen LogP contribution in [0.5, 0.6) is 0 Å². The van der Waals surface area contributed by atoms with Gasteiger partial charge in [-0.25, -0.2) is 29.9 Å². The van der Waals surface area contributed by atoms with Crippen LogP contribution in [0.25, 0.3) is 182 Å². The molecule has 38 rings (SSSR count). The number of hydrogen-bond donors (Lipinski definition) is 1. The zero-order valence-electron chi connectivity index (χ0n) is 80.7. The quantitative estimate of drug-likeness (QED) is 0.138. The van der Waals surface area contributed by atoms with Crippen LogP contribution in [0.3, 0.4) is 0 Å². The molecule has 0 radical (unpaired) electrons. The normalized spacial score (nSPS) is 27.2. The molecule has 16 saturated carbocycles. The Labute approximate surface area is 839 Å². The number of hydrogen-bond acceptors (Lipinski definition) is 6. The standard InChI is InChI=1S/C65H56N6.C36H23N3.C29H34BrN3/c1-3-15-46(16-4-1)69-52-23-10-7-20-49(52)55-58-56(50-21-8-11-24-53(50)70(58)47-17-5-2-6-18-47)60-57(59(55)69)51-22-9-12-25-54(51)71(60)48-19-13-14-45(32-48)61-66-62(64-33-39-26-40(34-64)28-41(27-39)35-64)68-63(67-61)65-36-42-29-43(37-65)31-44(30-42)38-65;1-3-13-23(14-4-1)38-29-21-11-8-18-26(29)32-34-31(25-17-7-10-20-28(25)37-34)35-33(36(32)38)27-19-9-12-22-30(27)39(35)24-15-5-2-6-16-24;30-24-3-1-2-23(10-24)25-31-26(28-11-17-4-18(12-28)6-19(5-17)13-28)33-27(32-25)29-14-20-7-21(15-29)9-22(8-20)16-29/h1-25,32,39-44H,26-31,33-38H2;1-22,37H;1-3,10,17-22H,4-9,11-16H2. The number of rotatable bonds is 11. The number of nitrogens with zero attached hydrogens (tertiary/aromatic N) is 11. The van der Waals surface area contributed by atoms with Crippen LogP contribution in [-0.2, 0) is 21.7 Å². The van der Waals surface area contributed by atoms with Crippen molar-refractivity contribution in [1.82, 2.24) is 57.7 Å². The molecule has 700 valence electrons. The maximum atomic E-state index is 5.83. The summed E-state index contributed by atoms with van der Waals surface area (Å²) in [6.45, 7) is 0. The summed E-state index contributed by atoms with van der Waals surface area (Å²) in [5.41, 5.74) is 23.1. The third kappa shape index (κ3) is 12.5. The molecule has 13 heteroatoms. The molecule has 14 aromatic carbocycles. The first-order valence-corrected chi connectivity index (χ1v) is 54.7. The number of para-hydroxylation sites is 10. The lowest BCUT2D eigenvalue weighted by atomic mass is 9.49. The van der Waals surface area contributed by atoms with Gasteiger partial charge in [-0.2, -0.15) is 0 Å². The van der Waals surface area contributed by atoms with Gasteiger partial charge >= 0.3 is 0 Å². The zero-order valence-corrected chi connectivity index (χ0v) is 82.3. The lowest BCUT2D eigenvalue weighted by Crippen LogP contribution is -2.51. The summed E-state index contributed by atoms with van der Waals surface area (Å²) < 4.78 is 13.7. The van der Waals surface area contributed by atoms with Gasteiger partial charge in [0.15, 0.2) is 11.6 Å². The number of aromatic amines is 1. The van der Waals surface area contributed by atoms with Gasteiger partial charge < -0.3 is 27.8 Å². The van der Waals surface area contributed by atoms with Crippen molar-refractivity contribution in [3.05, 3.63) is 343 Å². The van der Waals surface area contributed by atoms with Crippen LogP contribution in [0.1, 0.15) is 177 Å². The van der Waals surface area contributed by atoms with Gasteiger partial charge in [-0.05, 0) is 334 Å². The molecular formula is C130H113BrN12. The van der Waals surface area contributed by atoms with E-state index in [1.54, 1.807) is 0 Å². The van der Waals surface area contributed by atoms with Crippen molar-refractivity contribution in [2.75, 3.05) is 0 Å². The Kier molecular flexibility index (Phi) is 18.1. The highest BCUT2D eigenvalue weighted by Gasteiger charge is 2.59. The Morgan fingerprint density at radius 3 is 0.748 bits per heavy atom. The first-order chi connectivity index (χ1) is 70.5. The second-order valence-electron chi connectivity index (χ2n) is 47.1. The van der Waals surface area contributed by atoms with E-state index in [0.29, 0.717) is 0 Å². The molecule has 16 bridgehead atoms. The molecule has 16 aliphatic rings. The van der Waals surface area contributed by atoms with Crippen LogP contribution in [0.15, 0.2) is 320 Å². The van der Waals surface area contributed by atoms with E-state index in [1.165, 1.54) is 291 Å². The number of nitrogens with one attached hydrogen (secondary N) is 1. The molecule has 0 amide bonds. The van der Waals surface area contributed by atoms with Crippen LogP contribution < -0.4 is 0 Å². The first kappa shape index (κ1) is 82.9. The monoisotopic (exact) mass is 1920 g/mol. The average Bonchev–Trinajstić information content (AvgIpc) is 1.46. The van der Waals surface area contributed by atoms with Gasteiger partial charge in [0.05, 0.1) is 60.7 Å². The van der Waals surface area contributed by atoms with Gasteiger partial charge in [-0.15, -0.1) is 0 Å². The van der Waals surface area contributed by atoms with Crippen molar-refractivity contribution in [1.29, 1.82) is 0 Å². The van der Waals surface area contributed by atoms with E-state index in [9.17, 15) is 0 Å². The summed E-state index contributed by atoms with van der Waals surface area (Å²) in [7, 11) is 0. The molecule has 16 aliphatic carbocycles. The lowest BCUT2D eigenvalue weighted by molar-refractivity contribution is -0.0157. The minimum Gasteiger partial charge on any atom is -0.354 e. The molecular weight excluding hydrogens is 1810 g/mol. The van der Waals surface area contributed by atoms with Crippen LogP contribution in [0, 0.1) is 71.0 Å². The largest absolute Gasteiger partial charge is 0.354 e. The molecule has 0 spiro atoms. The molecule has 0 unspecified atom stereocenters. The summed E-state index contributed by atoms with van der Waals surface area (Å²) in [5.74, 6) is 16.8. The fraction of sp³-hybridized carbons (Fsp3) is 0.308. The van der Waals surface area contributed by atoms with E-state index in [1.807, 2.05) is 0 Å². The van der Waals surface area contributed by atoms with E-state index >= 15 is 0 Å². The van der Waals surface area contributed by atoms with Crippen LogP contribution in [-0.4, -0.2) is 57.7 Å². The highest BCUT2D eigenvalue weighted by molar-refractivity contribution is 9.10. The minimum absolute atomic E-state index is 0.0785. The van der Waals surface area contributed by atoms with Crippen molar-refractivity contribution in [3.63, 3.8) is 0 Å². The van der Waals surface area contributed by atoms with Gasteiger partial charge in [0, 0.05) is 136 Å². The van der Waals surface area contributed by atoms with Gasteiger partial charge in [-0.3, -0.25) is 0 Å². The molecule has 12 nitrogen and oxygen atoms in total.